The Balaban J connectivity index is 1.91. The zero-order chi connectivity index (χ0) is 20.5. The molecule has 0 saturated carbocycles. The van der Waals surface area contributed by atoms with Crippen molar-refractivity contribution in [3.63, 3.8) is 0 Å². The molecule has 0 aromatic heterocycles. The van der Waals surface area contributed by atoms with Gasteiger partial charge in [0.15, 0.2) is 6.10 Å². The number of hydrogen-bond acceptors (Lipinski definition) is 4. The lowest BCUT2D eigenvalue weighted by atomic mass is 10.1. The maximum atomic E-state index is 12.9. The van der Waals surface area contributed by atoms with E-state index in [9.17, 15) is 13.2 Å². The Bertz CT molecular complexity index is 1010. The molecule has 2 aromatic carbocycles. The van der Waals surface area contributed by atoms with Crippen LogP contribution in [0, 0.1) is 6.92 Å². The van der Waals surface area contributed by atoms with Crippen molar-refractivity contribution in [2.45, 2.75) is 32.8 Å². The Morgan fingerprint density at radius 3 is 2.75 bits per heavy atom. The third-order valence-corrected chi connectivity index (χ3v) is 6.15. The monoisotopic (exact) mass is 422 g/mol. The minimum atomic E-state index is -3.54. The summed E-state index contributed by atoms with van der Waals surface area (Å²) in [6.45, 7) is 4.08. The summed E-state index contributed by atoms with van der Waals surface area (Å²) in [7, 11) is -3.54. The quantitative estimate of drug-likeness (QED) is 0.813. The standard InChI is InChI=1S/C20H23ClN2O4S/c1-4-14-7-5-6-13(2)19(14)22-20(24)18-10-11-23(28(3,25)26)16-12-15(21)8-9-17(16)27-18/h5-9,12,18H,4,10-11H2,1-3H3,(H,22,24)/t18-/m1/s1. The Morgan fingerprint density at radius 1 is 1.32 bits per heavy atom. The average molecular weight is 423 g/mol. The van der Waals surface area contributed by atoms with Gasteiger partial charge in [-0.1, -0.05) is 36.7 Å². The fourth-order valence-electron chi connectivity index (χ4n) is 3.29. The molecule has 1 N–H and O–H groups in total. The Hall–Kier alpha value is -2.25. The number of ether oxygens (including phenoxy) is 1. The van der Waals surface area contributed by atoms with Gasteiger partial charge in [-0.25, -0.2) is 8.42 Å². The molecule has 0 aliphatic carbocycles. The molecule has 28 heavy (non-hydrogen) atoms. The van der Waals surface area contributed by atoms with Crippen molar-refractivity contribution < 1.29 is 17.9 Å². The molecule has 1 amide bonds. The molecule has 1 aliphatic heterocycles. The normalized spacial score (nSPS) is 16.7. The van der Waals surface area contributed by atoms with E-state index in [1.807, 2.05) is 32.0 Å². The van der Waals surface area contributed by atoms with Gasteiger partial charge < -0.3 is 10.1 Å². The van der Waals surface area contributed by atoms with Gasteiger partial charge >= 0.3 is 0 Å². The van der Waals surface area contributed by atoms with Gasteiger partial charge in [-0.05, 0) is 42.7 Å². The van der Waals surface area contributed by atoms with E-state index in [2.05, 4.69) is 5.32 Å². The number of para-hydroxylation sites is 1. The third-order valence-electron chi connectivity index (χ3n) is 4.73. The van der Waals surface area contributed by atoms with Gasteiger partial charge in [-0.2, -0.15) is 0 Å². The van der Waals surface area contributed by atoms with Crippen LogP contribution in [0.5, 0.6) is 5.75 Å². The molecule has 150 valence electrons. The molecule has 0 saturated heterocycles. The van der Waals surface area contributed by atoms with Crippen molar-refractivity contribution in [3.05, 3.63) is 52.5 Å². The maximum absolute atomic E-state index is 12.9. The lowest BCUT2D eigenvalue weighted by Gasteiger charge is -2.21. The fraction of sp³-hybridized carbons (Fsp3) is 0.350. The van der Waals surface area contributed by atoms with Crippen LogP contribution in [0.15, 0.2) is 36.4 Å². The number of hydrogen-bond donors (Lipinski definition) is 1. The summed E-state index contributed by atoms with van der Waals surface area (Å²) in [6.07, 6.45) is 1.31. The van der Waals surface area contributed by atoms with Crippen LogP contribution >= 0.6 is 11.6 Å². The number of rotatable bonds is 4. The van der Waals surface area contributed by atoms with Gasteiger partial charge in [0.1, 0.15) is 5.75 Å². The number of nitrogens with one attached hydrogen (secondary N) is 1. The predicted octanol–water partition coefficient (Wildman–Crippen LogP) is 3.77. The van der Waals surface area contributed by atoms with Gasteiger partial charge in [0.05, 0.1) is 11.9 Å². The van der Waals surface area contributed by atoms with Crippen LogP contribution < -0.4 is 14.4 Å². The van der Waals surface area contributed by atoms with Gasteiger partial charge in [-0.3, -0.25) is 9.10 Å². The van der Waals surface area contributed by atoms with E-state index in [0.717, 1.165) is 29.5 Å². The molecule has 0 radical (unpaired) electrons. The van der Waals surface area contributed by atoms with Gasteiger partial charge in [-0.15, -0.1) is 0 Å². The number of anilines is 2. The molecule has 0 bridgehead atoms. The van der Waals surface area contributed by atoms with Crippen LogP contribution in [0.3, 0.4) is 0 Å². The number of halogens is 1. The number of carbonyl (C=O) groups is 1. The van der Waals surface area contributed by atoms with Crippen molar-refractivity contribution in [1.29, 1.82) is 0 Å². The second-order valence-corrected chi connectivity index (χ2v) is 9.14. The summed E-state index contributed by atoms with van der Waals surface area (Å²) in [4.78, 5) is 12.9. The van der Waals surface area contributed by atoms with Crippen LogP contribution in [0.25, 0.3) is 0 Å². The SMILES string of the molecule is CCc1cccc(C)c1NC(=O)[C@H]1CCN(S(C)(=O)=O)c2cc(Cl)ccc2O1. The van der Waals surface area contributed by atoms with Gasteiger partial charge in [0.2, 0.25) is 10.0 Å². The largest absolute Gasteiger partial charge is 0.478 e. The number of amides is 1. The number of nitrogens with zero attached hydrogens (tertiary/aromatic N) is 1. The summed E-state index contributed by atoms with van der Waals surface area (Å²) >= 11 is 6.05. The number of carbonyl (C=O) groups excluding carboxylic acids is 1. The van der Waals surface area contributed by atoms with Gasteiger partial charge in [0, 0.05) is 23.7 Å². The molecule has 1 aliphatic rings. The van der Waals surface area contributed by atoms with Crippen LogP contribution in [0.1, 0.15) is 24.5 Å². The smallest absolute Gasteiger partial charge is 0.265 e. The minimum Gasteiger partial charge on any atom is -0.478 e. The highest BCUT2D eigenvalue weighted by Gasteiger charge is 2.31. The average Bonchev–Trinajstić information content (AvgIpc) is 2.82. The van der Waals surface area contributed by atoms with E-state index in [1.54, 1.807) is 12.1 Å². The van der Waals surface area contributed by atoms with E-state index < -0.39 is 16.1 Å². The highest BCUT2D eigenvalue weighted by atomic mass is 35.5. The van der Waals surface area contributed by atoms with E-state index in [1.165, 1.54) is 10.4 Å². The molecule has 8 heteroatoms. The van der Waals surface area contributed by atoms with Crippen molar-refractivity contribution in [2.24, 2.45) is 0 Å². The molecule has 1 heterocycles. The maximum Gasteiger partial charge on any atom is 0.265 e. The van der Waals surface area contributed by atoms with E-state index in [-0.39, 0.29) is 18.9 Å². The van der Waals surface area contributed by atoms with Gasteiger partial charge in [0.25, 0.3) is 5.91 Å². The Morgan fingerprint density at radius 2 is 2.07 bits per heavy atom. The first-order valence-corrected chi connectivity index (χ1v) is 11.3. The van der Waals surface area contributed by atoms with E-state index >= 15 is 0 Å². The lowest BCUT2D eigenvalue weighted by molar-refractivity contribution is -0.122. The second-order valence-electron chi connectivity index (χ2n) is 6.79. The fourth-order valence-corrected chi connectivity index (χ4v) is 4.39. The number of fused-ring (bicyclic) bond motifs is 1. The highest BCUT2D eigenvalue weighted by Crippen LogP contribution is 2.36. The van der Waals surface area contributed by atoms with E-state index in [4.69, 9.17) is 16.3 Å². The molecule has 3 rings (SSSR count). The predicted molar refractivity (Wildman–Crippen MR) is 112 cm³/mol. The molecule has 6 nitrogen and oxygen atoms in total. The molecule has 0 unspecified atom stereocenters. The first-order valence-electron chi connectivity index (χ1n) is 9.04. The zero-order valence-electron chi connectivity index (χ0n) is 16.0. The zero-order valence-corrected chi connectivity index (χ0v) is 17.6. The summed E-state index contributed by atoms with van der Waals surface area (Å²) in [5.74, 6) is 0.00762. The molecule has 2 aromatic rings. The summed E-state index contributed by atoms with van der Waals surface area (Å²) in [5, 5.41) is 3.36. The van der Waals surface area contributed by atoms with Crippen molar-refractivity contribution in [1.82, 2.24) is 0 Å². The van der Waals surface area contributed by atoms with Crippen molar-refractivity contribution in [2.75, 3.05) is 22.4 Å². The second kappa shape index (κ2) is 8.01. The first-order chi connectivity index (χ1) is 13.2. The van der Waals surface area contributed by atoms with E-state index in [0.29, 0.717) is 16.5 Å². The Labute approximate surface area is 170 Å². The molecular formula is C20H23ClN2O4S. The van der Waals surface area contributed by atoms with Crippen LogP contribution in [-0.4, -0.2) is 33.2 Å². The summed E-state index contributed by atoms with van der Waals surface area (Å²) in [6, 6.07) is 10.6. The van der Waals surface area contributed by atoms with Crippen molar-refractivity contribution in [3.8, 4) is 5.75 Å². The molecule has 0 spiro atoms. The molecule has 1 atom stereocenters. The van der Waals surface area contributed by atoms with Crippen LogP contribution in [-0.2, 0) is 21.2 Å². The first kappa shape index (κ1) is 20.5. The highest BCUT2D eigenvalue weighted by molar-refractivity contribution is 7.92. The number of sulfonamides is 1. The lowest BCUT2D eigenvalue weighted by Crippen LogP contribution is -2.36. The number of aryl methyl sites for hydroxylation is 2. The third kappa shape index (κ3) is 4.25. The number of benzene rings is 2. The topological polar surface area (TPSA) is 75.7 Å². The van der Waals surface area contributed by atoms with Crippen molar-refractivity contribution >= 4 is 38.9 Å². The van der Waals surface area contributed by atoms with Crippen LogP contribution in [0.2, 0.25) is 5.02 Å². The molecular weight excluding hydrogens is 400 g/mol. The summed E-state index contributed by atoms with van der Waals surface area (Å²) < 4.78 is 31.6. The molecule has 0 fully saturated rings. The Kier molecular flexibility index (Phi) is 5.86. The minimum absolute atomic E-state index is 0.124. The van der Waals surface area contributed by atoms with Crippen LogP contribution in [0.4, 0.5) is 11.4 Å². The summed E-state index contributed by atoms with van der Waals surface area (Å²) in [5.41, 5.74) is 3.12.